The van der Waals surface area contributed by atoms with E-state index in [9.17, 15) is 14.7 Å². The number of phenolic OH excluding ortho intramolecular Hbond substituents is 1. The van der Waals surface area contributed by atoms with E-state index < -0.39 is 0 Å². The first-order valence-corrected chi connectivity index (χ1v) is 13.3. The van der Waals surface area contributed by atoms with E-state index in [4.69, 9.17) is 14.2 Å². The molecular weight excluding hydrogens is 484 g/mol. The van der Waals surface area contributed by atoms with E-state index in [2.05, 4.69) is 43.2 Å². The van der Waals surface area contributed by atoms with E-state index in [1.807, 2.05) is 0 Å². The van der Waals surface area contributed by atoms with E-state index in [1.165, 1.54) is 13.3 Å². The van der Waals surface area contributed by atoms with Crippen molar-refractivity contribution in [3.05, 3.63) is 66.0 Å². The van der Waals surface area contributed by atoms with Gasteiger partial charge in [0.15, 0.2) is 11.5 Å². The minimum atomic E-state index is -0.354. The van der Waals surface area contributed by atoms with Gasteiger partial charge in [-0.3, -0.25) is 9.78 Å². The summed E-state index contributed by atoms with van der Waals surface area (Å²) in [4.78, 5) is 27.0. The van der Waals surface area contributed by atoms with Crippen LogP contribution < -0.4 is 10.1 Å². The quantitative estimate of drug-likeness (QED) is 0.160. The van der Waals surface area contributed by atoms with Crippen LogP contribution in [-0.4, -0.2) is 48.9 Å². The van der Waals surface area contributed by atoms with Gasteiger partial charge in [0.05, 0.1) is 19.3 Å². The molecule has 0 bridgehead atoms. The summed E-state index contributed by atoms with van der Waals surface area (Å²) < 4.78 is 15.3. The maximum absolute atomic E-state index is 11.8. The number of amides is 1. The van der Waals surface area contributed by atoms with Crippen LogP contribution in [0.2, 0.25) is 0 Å². The predicted molar refractivity (Wildman–Crippen MR) is 149 cm³/mol. The minimum Gasteiger partial charge on any atom is -0.504 e. The Morgan fingerprint density at radius 3 is 2.61 bits per heavy atom. The second-order valence-corrected chi connectivity index (χ2v) is 9.04. The number of nitrogens with one attached hydrogen (secondary N) is 1. The van der Waals surface area contributed by atoms with E-state index in [0.29, 0.717) is 36.8 Å². The molecule has 0 saturated heterocycles. The molecular formula is C30H44N2O6. The fourth-order valence-electron chi connectivity index (χ4n) is 3.15. The SMILES string of the molecule is CCCCOCCOC(=O)c1cccnc1.COc1cc(CNC(=O)CCCC/C=C/C(C)C)ccc1O. The number of phenols is 1. The summed E-state index contributed by atoms with van der Waals surface area (Å²) in [6.07, 6.45) is 13.1. The lowest BCUT2D eigenvalue weighted by Gasteiger charge is -2.08. The number of carbonyl (C=O) groups excluding carboxylic acids is 2. The first-order valence-electron chi connectivity index (χ1n) is 13.3. The van der Waals surface area contributed by atoms with Gasteiger partial charge in [0, 0.05) is 32.0 Å². The largest absolute Gasteiger partial charge is 0.504 e. The van der Waals surface area contributed by atoms with Crippen LogP contribution in [0.5, 0.6) is 11.5 Å². The van der Waals surface area contributed by atoms with Gasteiger partial charge in [-0.15, -0.1) is 0 Å². The Balaban J connectivity index is 0.000000399. The van der Waals surface area contributed by atoms with Crippen LogP contribution in [0.25, 0.3) is 0 Å². The number of nitrogens with zero attached hydrogens (tertiary/aromatic N) is 1. The number of rotatable bonds is 16. The number of aromatic nitrogens is 1. The molecule has 2 N–H and O–H groups in total. The molecule has 1 aromatic heterocycles. The lowest BCUT2D eigenvalue weighted by molar-refractivity contribution is -0.121. The molecule has 8 nitrogen and oxygen atoms in total. The van der Waals surface area contributed by atoms with Crippen molar-refractivity contribution in [1.29, 1.82) is 0 Å². The lowest BCUT2D eigenvalue weighted by atomic mass is 10.1. The zero-order valence-corrected chi connectivity index (χ0v) is 23.3. The van der Waals surface area contributed by atoms with Crippen LogP contribution in [0.15, 0.2) is 54.9 Å². The second-order valence-electron chi connectivity index (χ2n) is 9.04. The summed E-state index contributed by atoms with van der Waals surface area (Å²) >= 11 is 0. The molecule has 210 valence electrons. The van der Waals surface area contributed by atoms with Crippen molar-refractivity contribution in [2.75, 3.05) is 26.9 Å². The first-order chi connectivity index (χ1) is 18.4. The van der Waals surface area contributed by atoms with Crippen molar-refractivity contribution in [2.45, 2.75) is 65.8 Å². The topological polar surface area (TPSA) is 107 Å². The van der Waals surface area contributed by atoms with Gasteiger partial charge in [0.2, 0.25) is 5.91 Å². The van der Waals surface area contributed by atoms with Crippen LogP contribution in [-0.2, 0) is 20.8 Å². The van der Waals surface area contributed by atoms with Crippen molar-refractivity contribution in [3.63, 3.8) is 0 Å². The molecule has 1 aromatic carbocycles. The number of ether oxygens (including phenoxy) is 3. The number of hydrogen-bond acceptors (Lipinski definition) is 7. The molecule has 8 heteroatoms. The third-order valence-electron chi connectivity index (χ3n) is 5.28. The molecule has 1 amide bonds. The number of allylic oxidation sites excluding steroid dienone is 2. The van der Waals surface area contributed by atoms with Gasteiger partial charge in [-0.05, 0) is 61.4 Å². The first kappa shape index (κ1) is 32.6. The molecule has 38 heavy (non-hydrogen) atoms. The average molecular weight is 529 g/mol. The molecule has 0 fully saturated rings. The maximum atomic E-state index is 11.8. The Bertz CT molecular complexity index is 947. The monoisotopic (exact) mass is 528 g/mol. The van der Waals surface area contributed by atoms with Gasteiger partial charge in [0.25, 0.3) is 0 Å². The molecule has 0 spiro atoms. The molecule has 0 aliphatic heterocycles. The van der Waals surface area contributed by atoms with E-state index >= 15 is 0 Å². The number of carbonyl (C=O) groups is 2. The van der Waals surface area contributed by atoms with Crippen molar-refractivity contribution < 1.29 is 28.9 Å². The molecule has 2 aromatic rings. The Morgan fingerprint density at radius 2 is 1.92 bits per heavy atom. The van der Waals surface area contributed by atoms with Gasteiger partial charge in [0.1, 0.15) is 6.61 Å². The smallest absolute Gasteiger partial charge is 0.339 e. The summed E-state index contributed by atoms with van der Waals surface area (Å²) in [5.41, 5.74) is 1.37. The third-order valence-corrected chi connectivity index (χ3v) is 5.28. The molecule has 1 heterocycles. The highest BCUT2D eigenvalue weighted by Crippen LogP contribution is 2.26. The standard InChI is InChI=1S/C18H27NO3.C12H17NO3/c1-14(2)8-6-4-5-7-9-18(21)19-13-15-10-11-16(20)17(12-15)22-3;1-2-3-7-15-8-9-16-12(14)11-5-4-6-13-10-11/h6,8,10-12,14,20H,4-5,7,9,13H2,1-3H3,(H,19,21);4-6,10H,2-3,7-9H2,1H3/b8-6+;. The number of methoxy groups -OCH3 is 1. The normalized spacial score (nSPS) is 10.7. The number of benzene rings is 1. The molecule has 0 aliphatic carbocycles. The summed E-state index contributed by atoms with van der Waals surface area (Å²) in [7, 11) is 1.51. The van der Waals surface area contributed by atoms with Gasteiger partial charge >= 0.3 is 5.97 Å². The van der Waals surface area contributed by atoms with Crippen LogP contribution >= 0.6 is 0 Å². The van der Waals surface area contributed by atoms with Gasteiger partial charge in [-0.2, -0.15) is 0 Å². The Labute approximate surface area is 227 Å². The van der Waals surface area contributed by atoms with E-state index in [0.717, 1.165) is 44.3 Å². The third kappa shape index (κ3) is 15.7. The highest BCUT2D eigenvalue weighted by Gasteiger charge is 2.06. The fraction of sp³-hybridized carbons (Fsp3) is 0.500. The van der Waals surface area contributed by atoms with Crippen molar-refractivity contribution in [1.82, 2.24) is 10.3 Å². The number of hydrogen-bond donors (Lipinski definition) is 2. The molecule has 0 saturated carbocycles. The highest BCUT2D eigenvalue weighted by molar-refractivity contribution is 5.88. The summed E-state index contributed by atoms with van der Waals surface area (Å²) in [5.74, 6) is 0.813. The van der Waals surface area contributed by atoms with Crippen molar-refractivity contribution in [2.24, 2.45) is 5.92 Å². The number of esters is 1. The lowest BCUT2D eigenvalue weighted by Crippen LogP contribution is -2.22. The zero-order chi connectivity index (χ0) is 28.0. The molecule has 0 atom stereocenters. The molecule has 0 radical (unpaired) electrons. The number of pyridine rings is 1. The van der Waals surface area contributed by atoms with Crippen LogP contribution in [0.3, 0.4) is 0 Å². The van der Waals surface area contributed by atoms with Gasteiger partial charge in [-0.1, -0.05) is 45.4 Å². The van der Waals surface area contributed by atoms with E-state index in [1.54, 1.807) is 36.5 Å². The van der Waals surface area contributed by atoms with Gasteiger partial charge < -0.3 is 24.6 Å². The van der Waals surface area contributed by atoms with Crippen LogP contribution in [0.1, 0.15) is 75.2 Å². The maximum Gasteiger partial charge on any atom is 0.339 e. The minimum absolute atomic E-state index is 0.0554. The fourth-order valence-corrected chi connectivity index (χ4v) is 3.15. The Kier molecular flexibility index (Phi) is 17.7. The van der Waals surface area contributed by atoms with Crippen molar-refractivity contribution >= 4 is 11.9 Å². The van der Waals surface area contributed by atoms with Crippen LogP contribution in [0.4, 0.5) is 0 Å². The highest BCUT2D eigenvalue weighted by atomic mass is 16.6. The van der Waals surface area contributed by atoms with Crippen LogP contribution in [0, 0.1) is 5.92 Å². The summed E-state index contributed by atoms with van der Waals surface area (Å²) in [6.45, 7) is 8.32. The average Bonchev–Trinajstić information content (AvgIpc) is 2.92. The van der Waals surface area contributed by atoms with Gasteiger partial charge in [-0.25, -0.2) is 4.79 Å². The summed E-state index contributed by atoms with van der Waals surface area (Å²) in [6, 6.07) is 8.45. The predicted octanol–water partition coefficient (Wildman–Crippen LogP) is 5.84. The molecule has 0 unspecified atom stereocenters. The second kappa shape index (κ2) is 20.6. The number of aromatic hydroxyl groups is 1. The zero-order valence-electron chi connectivity index (χ0n) is 23.3. The molecule has 0 aliphatic rings. The Hall–Kier alpha value is -3.39. The van der Waals surface area contributed by atoms with Crippen molar-refractivity contribution in [3.8, 4) is 11.5 Å². The summed E-state index contributed by atoms with van der Waals surface area (Å²) in [5, 5.41) is 12.4. The van der Waals surface area contributed by atoms with E-state index in [-0.39, 0.29) is 24.2 Å². The molecule has 2 rings (SSSR count). The number of unbranched alkanes of at least 4 members (excludes halogenated alkanes) is 3. The Morgan fingerprint density at radius 1 is 1.11 bits per heavy atom.